The summed E-state index contributed by atoms with van der Waals surface area (Å²) in [4.78, 5) is 11.7. The monoisotopic (exact) mass is 278 g/mol. The van der Waals surface area contributed by atoms with Gasteiger partial charge in [-0.15, -0.1) is 0 Å². The summed E-state index contributed by atoms with van der Waals surface area (Å²) in [6.07, 6.45) is 0. The second kappa shape index (κ2) is 6.14. The minimum Gasteiger partial charge on any atom is -0.497 e. The van der Waals surface area contributed by atoms with Gasteiger partial charge < -0.3 is 9.47 Å². The largest absolute Gasteiger partial charge is 0.497 e. The average molecular weight is 278 g/mol. The van der Waals surface area contributed by atoms with E-state index in [1.807, 2.05) is 0 Å². The Labute approximate surface area is 114 Å². The molecule has 0 saturated carbocycles. The number of halogens is 2. The summed E-state index contributed by atoms with van der Waals surface area (Å²) in [7, 11) is 1.55. The van der Waals surface area contributed by atoms with Gasteiger partial charge in [-0.05, 0) is 29.8 Å². The van der Waals surface area contributed by atoms with Crippen molar-refractivity contribution in [1.29, 1.82) is 0 Å². The smallest absolute Gasteiger partial charge is 0.341 e. The van der Waals surface area contributed by atoms with Gasteiger partial charge in [0.2, 0.25) is 0 Å². The fraction of sp³-hybridized carbons (Fsp3) is 0.133. The summed E-state index contributed by atoms with van der Waals surface area (Å²) in [5, 5.41) is 0. The molecule has 0 aliphatic heterocycles. The molecule has 0 radical (unpaired) electrons. The highest BCUT2D eigenvalue weighted by molar-refractivity contribution is 5.89. The summed E-state index contributed by atoms with van der Waals surface area (Å²) in [5.74, 6) is -1.83. The van der Waals surface area contributed by atoms with Crippen LogP contribution in [0.25, 0.3) is 0 Å². The first-order valence-corrected chi connectivity index (χ1v) is 5.85. The van der Waals surface area contributed by atoms with Gasteiger partial charge in [0, 0.05) is 6.07 Å². The Balaban J connectivity index is 2.00. The lowest BCUT2D eigenvalue weighted by molar-refractivity contribution is 0.0467. The lowest BCUT2D eigenvalue weighted by atomic mass is 10.2. The van der Waals surface area contributed by atoms with Crippen molar-refractivity contribution < 1.29 is 23.0 Å². The molecule has 0 unspecified atom stereocenters. The lowest BCUT2D eigenvalue weighted by Crippen LogP contribution is -2.07. The van der Waals surface area contributed by atoms with Crippen LogP contribution in [0.1, 0.15) is 15.9 Å². The van der Waals surface area contributed by atoms with Crippen LogP contribution in [-0.4, -0.2) is 13.1 Å². The molecule has 0 N–H and O–H groups in total. The molecule has 0 aliphatic carbocycles. The van der Waals surface area contributed by atoms with E-state index in [1.54, 1.807) is 31.4 Å². The molecule has 0 amide bonds. The standard InChI is InChI=1S/C15H12F2O3/c1-19-12-5-2-10(3-6-12)9-20-15(18)13-7-4-11(16)8-14(13)17/h2-8H,9H2,1H3. The molecule has 2 rings (SSSR count). The van der Waals surface area contributed by atoms with E-state index >= 15 is 0 Å². The van der Waals surface area contributed by atoms with Crippen LogP contribution in [0.5, 0.6) is 5.75 Å². The molecule has 0 fully saturated rings. The first-order valence-electron chi connectivity index (χ1n) is 5.85. The Hall–Kier alpha value is -2.43. The third kappa shape index (κ3) is 3.32. The van der Waals surface area contributed by atoms with Gasteiger partial charge in [-0.2, -0.15) is 0 Å². The van der Waals surface area contributed by atoms with Crippen molar-refractivity contribution in [3.63, 3.8) is 0 Å². The van der Waals surface area contributed by atoms with Gasteiger partial charge >= 0.3 is 5.97 Å². The Bertz CT molecular complexity index is 609. The number of carbonyl (C=O) groups is 1. The van der Waals surface area contributed by atoms with E-state index in [0.29, 0.717) is 11.8 Å². The van der Waals surface area contributed by atoms with Crippen molar-refractivity contribution in [2.75, 3.05) is 7.11 Å². The summed E-state index contributed by atoms with van der Waals surface area (Å²) < 4.78 is 36.1. The Morgan fingerprint density at radius 3 is 2.40 bits per heavy atom. The highest BCUT2D eigenvalue weighted by atomic mass is 19.1. The third-order valence-electron chi connectivity index (χ3n) is 2.68. The van der Waals surface area contributed by atoms with Gasteiger partial charge in [0.15, 0.2) is 0 Å². The normalized spacial score (nSPS) is 10.2. The molecule has 0 saturated heterocycles. The lowest BCUT2D eigenvalue weighted by Gasteiger charge is -2.06. The van der Waals surface area contributed by atoms with Crippen LogP contribution >= 0.6 is 0 Å². The second-order valence-corrected chi connectivity index (χ2v) is 4.05. The summed E-state index contributed by atoms with van der Waals surface area (Å²) in [5.41, 5.74) is 0.446. The van der Waals surface area contributed by atoms with E-state index in [2.05, 4.69) is 0 Å². The van der Waals surface area contributed by atoms with Crippen molar-refractivity contribution in [2.24, 2.45) is 0 Å². The highest BCUT2D eigenvalue weighted by Crippen LogP contribution is 2.14. The van der Waals surface area contributed by atoms with E-state index < -0.39 is 17.6 Å². The minimum absolute atomic E-state index is 0.000353. The number of rotatable bonds is 4. The zero-order chi connectivity index (χ0) is 14.5. The van der Waals surface area contributed by atoms with Gasteiger partial charge in [-0.1, -0.05) is 12.1 Å². The van der Waals surface area contributed by atoms with Crippen molar-refractivity contribution in [3.8, 4) is 5.75 Å². The van der Waals surface area contributed by atoms with Crippen LogP contribution in [0, 0.1) is 11.6 Å². The molecule has 5 heteroatoms. The quantitative estimate of drug-likeness (QED) is 0.805. The number of methoxy groups -OCH3 is 1. The van der Waals surface area contributed by atoms with Crippen LogP contribution < -0.4 is 4.74 Å². The maximum Gasteiger partial charge on any atom is 0.341 e. The number of esters is 1. The van der Waals surface area contributed by atoms with Gasteiger partial charge in [-0.3, -0.25) is 0 Å². The molecule has 20 heavy (non-hydrogen) atoms. The Morgan fingerprint density at radius 1 is 1.10 bits per heavy atom. The fourth-order valence-electron chi connectivity index (χ4n) is 1.60. The molecule has 2 aromatic carbocycles. The maximum absolute atomic E-state index is 13.4. The zero-order valence-electron chi connectivity index (χ0n) is 10.7. The van der Waals surface area contributed by atoms with E-state index in [-0.39, 0.29) is 12.2 Å². The van der Waals surface area contributed by atoms with Crippen LogP contribution in [0.2, 0.25) is 0 Å². The van der Waals surface area contributed by atoms with Crippen molar-refractivity contribution >= 4 is 5.97 Å². The molecule has 2 aromatic rings. The molecular weight excluding hydrogens is 266 g/mol. The summed E-state index contributed by atoms with van der Waals surface area (Å²) in [6.45, 7) is -0.000353. The van der Waals surface area contributed by atoms with E-state index in [4.69, 9.17) is 9.47 Å². The SMILES string of the molecule is COc1ccc(COC(=O)c2ccc(F)cc2F)cc1. The molecule has 0 aromatic heterocycles. The predicted octanol–water partition coefficient (Wildman–Crippen LogP) is 3.33. The van der Waals surface area contributed by atoms with Gasteiger partial charge in [0.05, 0.1) is 12.7 Å². The van der Waals surface area contributed by atoms with Gasteiger partial charge in [-0.25, -0.2) is 13.6 Å². The number of hydrogen-bond acceptors (Lipinski definition) is 3. The third-order valence-corrected chi connectivity index (χ3v) is 2.68. The topological polar surface area (TPSA) is 35.5 Å². The summed E-state index contributed by atoms with van der Waals surface area (Å²) in [6, 6.07) is 9.61. The first kappa shape index (κ1) is 14.0. The van der Waals surface area contributed by atoms with E-state index in [9.17, 15) is 13.6 Å². The van der Waals surface area contributed by atoms with Gasteiger partial charge in [0.1, 0.15) is 24.0 Å². The zero-order valence-corrected chi connectivity index (χ0v) is 10.7. The van der Waals surface area contributed by atoms with Crippen LogP contribution in [0.4, 0.5) is 8.78 Å². The second-order valence-electron chi connectivity index (χ2n) is 4.05. The van der Waals surface area contributed by atoms with Gasteiger partial charge in [0.25, 0.3) is 0 Å². The molecular formula is C15H12F2O3. The van der Waals surface area contributed by atoms with Crippen LogP contribution in [0.15, 0.2) is 42.5 Å². The van der Waals surface area contributed by atoms with E-state index in [0.717, 1.165) is 17.7 Å². The predicted molar refractivity (Wildman–Crippen MR) is 68.5 cm³/mol. The number of ether oxygens (including phenoxy) is 2. The first-order chi connectivity index (χ1) is 9.60. The molecule has 0 bridgehead atoms. The van der Waals surface area contributed by atoms with Crippen molar-refractivity contribution in [3.05, 3.63) is 65.2 Å². The molecule has 0 aliphatic rings. The Kier molecular flexibility index (Phi) is 4.30. The van der Waals surface area contributed by atoms with E-state index in [1.165, 1.54) is 0 Å². The molecule has 0 heterocycles. The van der Waals surface area contributed by atoms with Crippen molar-refractivity contribution in [2.45, 2.75) is 6.61 Å². The molecule has 104 valence electrons. The van der Waals surface area contributed by atoms with Crippen LogP contribution in [-0.2, 0) is 11.3 Å². The molecule has 0 atom stereocenters. The minimum atomic E-state index is -0.940. The van der Waals surface area contributed by atoms with Crippen LogP contribution in [0.3, 0.4) is 0 Å². The fourth-order valence-corrected chi connectivity index (χ4v) is 1.60. The number of benzene rings is 2. The Morgan fingerprint density at radius 2 is 1.80 bits per heavy atom. The molecule has 0 spiro atoms. The average Bonchev–Trinajstić information content (AvgIpc) is 2.45. The number of carbonyl (C=O) groups excluding carboxylic acids is 1. The molecule has 3 nitrogen and oxygen atoms in total. The highest BCUT2D eigenvalue weighted by Gasteiger charge is 2.13. The maximum atomic E-state index is 13.4. The van der Waals surface area contributed by atoms with Crippen molar-refractivity contribution in [1.82, 2.24) is 0 Å². The summed E-state index contributed by atoms with van der Waals surface area (Å²) >= 11 is 0. The number of hydrogen-bond donors (Lipinski definition) is 0.